The average molecular weight is 678 g/mol. The number of fused-ring (bicyclic) bond motifs is 1. The molecule has 0 unspecified atom stereocenters. The van der Waals surface area contributed by atoms with E-state index in [1.165, 1.54) is 13.2 Å². The van der Waals surface area contributed by atoms with Crippen LogP contribution in [0.5, 0.6) is 0 Å². The molecule has 0 N–H and O–H groups in total. The minimum absolute atomic E-state index is 0.137. The van der Waals surface area contributed by atoms with Gasteiger partial charge in [-0.15, -0.1) is 0 Å². The molecule has 0 aliphatic carbocycles. The lowest BCUT2D eigenvalue weighted by molar-refractivity contribution is 0.0600. The third kappa shape index (κ3) is 5.47. The highest BCUT2D eigenvalue weighted by Gasteiger charge is 2.31. The standard InChI is InChI=1S/C37H22ClF2N3O4S/c1-47-37(44)25-14-17-29(31(38)19-25)23-6-4-7-24(18-23)35-34(33-26(20-41)8-5-9-27(33)21-42)30-10-2-3-11-32(30)43(35)48(45,46)28-15-12-22(13-16-28)36(39)40/h2-19,36H,1H3. The minimum Gasteiger partial charge on any atom is -0.465 e. The molecule has 5 aromatic carbocycles. The molecule has 0 spiro atoms. The van der Waals surface area contributed by atoms with Gasteiger partial charge in [0.15, 0.2) is 0 Å². The highest BCUT2D eigenvalue weighted by molar-refractivity contribution is 7.90. The van der Waals surface area contributed by atoms with E-state index in [4.69, 9.17) is 16.3 Å². The summed E-state index contributed by atoms with van der Waals surface area (Å²) in [5.41, 5.74) is 2.63. The number of rotatable bonds is 7. The molecule has 6 aromatic rings. The normalized spacial score (nSPS) is 11.3. The number of benzene rings is 5. The zero-order chi connectivity index (χ0) is 34.2. The van der Waals surface area contributed by atoms with Crippen LogP contribution in [0.3, 0.4) is 0 Å². The van der Waals surface area contributed by atoms with Crippen LogP contribution in [-0.2, 0) is 14.8 Å². The van der Waals surface area contributed by atoms with Crippen LogP contribution in [0, 0.1) is 22.7 Å². The van der Waals surface area contributed by atoms with E-state index in [1.54, 1.807) is 78.9 Å². The fraction of sp³-hybridized carbons (Fsp3) is 0.0541. The summed E-state index contributed by atoms with van der Waals surface area (Å²) >= 11 is 6.62. The lowest BCUT2D eigenvalue weighted by Crippen LogP contribution is -2.14. The zero-order valence-electron chi connectivity index (χ0n) is 25.0. The highest BCUT2D eigenvalue weighted by atomic mass is 35.5. The number of nitriles is 2. The van der Waals surface area contributed by atoms with Gasteiger partial charge in [-0.3, -0.25) is 0 Å². The van der Waals surface area contributed by atoms with Crippen molar-refractivity contribution >= 4 is 38.5 Å². The van der Waals surface area contributed by atoms with E-state index in [1.807, 2.05) is 0 Å². The molecule has 7 nitrogen and oxygen atoms in total. The Hall–Kier alpha value is -5.81. The van der Waals surface area contributed by atoms with E-state index >= 15 is 0 Å². The summed E-state index contributed by atoms with van der Waals surface area (Å²) in [5, 5.41) is 21.0. The van der Waals surface area contributed by atoms with Gasteiger partial charge in [0.1, 0.15) is 0 Å². The van der Waals surface area contributed by atoms with Gasteiger partial charge < -0.3 is 4.74 Å². The number of aromatic nitrogens is 1. The first kappa shape index (κ1) is 32.1. The number of esters is 1. The number of halogens is 3. The van der Waals surface area contributed by atoms with E-state index in [9.17, 15) is 32.5 Å². The number of alkyl halides is 2. The highest BCUT2D eigenvalue weighted by Crippen LogP contribution is 2.46. The molecular formula is C37H22ClF2N3O4S. The number of ether oxygens (including phenoxy) is 1. The second kappa shape index (κ2) is 12.8. The first-order valence-electron chi connectivity index (χ1n) is 14.3. The van der Waals surface area contributed by atoms with Crippen LogP contribution >= 0.6 is 11.6 Å². The molecule has 0 saturated heterocycles. The summed E-state index contributed by atoms with van der Waals surface area (Å²) in [4.78, 5) is 11.8. The molecule has 236 valence electrons. The van der Waals surface area contributed by atoms with Crippen LogP contribution in [0.4, 0.5) is 8.78 Å². The Morgan fingerprint density at radius 3 is 2.08 bits per heavy atom. The number of methoxy groups -OCH3 is 1. The maximum Gasteiger partial charge on any atom is 0.337 e. The maximum absolute atomic E-state index is 14.6. The fourth-order valence-corrected chi connectivity index (χ4v) is 7.54. The molecule has 0 saturated carbocycles. The van der Waals surface area contributed by atoms with Crippen LogP contribution in [0.2, 0.25) is 5.02 Å². The van der Waals surface area contributed by atoms with Gasteiger partial charge in [0, 0.05) is 38.2 Å². The van der Waals surface area contributed by atoms with E-state index in [-0.39, 0.29) is 48.9 Å². The number of hydrogen-bond donors (Lipinski definition) is 0. The second-order valence-corrected chi connectivity index (χ2v) is 12.8. The van der Waals surface area contributed by atoms with Crippen molar-refractivity contribution in [2.24, 2.45) is 0 Å². The number of para-hydroxylation sites is 1. The molecule has 0 aliphatic heterocycles. The molecule has 6 rings (SSSR count). The molecule has 0 radical (unpaired) electrons. The largest absolute Gasteiger partial charge is 0.465 e. The van der Waals surface area contributed by atoms with E-state index in [2.05, 4.69) is 12.1 Å². The summed E-state index contributed by atoms with van der Waals surface area (Å²) in [7, 11) is -3.23. The molecule has 11 heteroatoms. The quantitative estimate of drug-likeness (QED) is 0.156. The summed E-state index contributed by atoms with van der Waals surface area (Å²) in [6.07, 6.45) is -2.79. The number of hydrogen-bond acceptors (Lipinski definition) is 6. The lowest BCUT2D eigenvalue weighted by Gasteiger charge is -2.16. The topological polar surface area (TPSA) is 113 Å². The third-order valence-electron chi connectivity index (χ3n) is 7.89. The number of nitrogens with zero attached hydrogens (tertiary/aromatic N) is 3. The first-order chi connectivity index (χ1) is 23.1. The number of carbonyl (C=O) groups excluding carboxylic acids is 1. The molecule has 0 amide bonds. The predicted octanol–water partition coefficient (Wildman–Crippen LogP) is 9.00. The number of carbonyl (C=O) groups is 1. The summed E-state index contributed by atoms with van der Waals surface area (Å²) in [5.74, 6) is -0.567. The average Bonchev–Trinajstić information content (AvgIpc) is 3.46. The van der Waals surface area contributed by atoms with Gasteiger partial charge in [-0.25, -0.2) is 26.0 Å². The maximum atomic E-state index is 14.6. The Morgan fingerprint density at radius 2 is 1.46 bits per heavy atom. The summed E-state index contributed by atoms with van der Waals surface area (Å²) < 4.78 is 61.9. The van der Waals surface area contributed by atoms with Gasteiger partial charge in [0.2, 0.25) is 0 Å². The zero-order valence-corrected chi connectivity index (χ0v) is 26.6. The minimum atomic E-state index is -4.49. The van der Waals surface area contributed by atoms with Gasteiger partial charge in [-0.05, 0) is 54.1 Å². The van der Waals surface area contributed by atoms with Crippen LogP contribution in [0.15, 0.2) is 114 Å². The third-order valence-corrected chi connectivity index (χ3v) is 9.94. The van der Waals surface area contributed by atoms with Gasteiger partial charge in [0.05, 0.1) is 52.0 Å². The van der Waals surface area contributed by atoms with E-state index < -0.39 is 22.4 Å². The Bertz CT molecular complexity index is 2410. The molecule has 1 heterocycles. The molecule has 0 aliphatic rings. The van der Waals surface area contributed by atoms with Gasteiger partial charge in [0.25, 0.3) is 16.4 Å². The molecule has 0 fully saturated rings. The molecule has 0 atom stereocenters. The van der Waals surface area contributed by atoms with Crippen molar-refractivity contribution < 1.29 is 26.7 Å². The van der Waals surface area contributed by atoms with E-state index in [0.29, 0.717) is 27.6 Å². The lowest BCUT2D eigenvalue weighted by atomic mass is 9.90. The van der Waals surface area contributed by atoms with Crippen molar-refractivity contribution in [1.82, 2.24) is 3.97 Å². The van der Waals surface area contributed by atoms with Crippen molar-refractivity contribution in [1.29, 1.82) is 10.5 Å². The van der Waals surface area contributed by atoms with Gasteiger partial charge in [-0.1, -0.05) is 72.3 Å². The summed E-state index contributed by atoms with van der Waals surface area (Å²) in [6.45, 7) is 0. The molecule has 0 bridgehead atoms. The molecular weight excluding hydrogens is 656 g/mol. The van der Waals surface area contributed by atoms with Gasteiger partial charge >= 0.3 is 5.97 Å². The fourth-order valence-electron chi connectivity index (χ4n) is 5.70. The Kier molecular flexibility index (Phi) is 8.55. The predicted molar refractivity (Wildman–Crippen MR) is 178 cm³/mol. The Balaban J connectivity index is 1.72. The second-order valence-electron chi connectivity index (χ2n) is 10.6. The first-order valence-corrected chi connectivity index (χ1v) is 16.1. The van der Waals surface area contributed by atoms with E-state index in [0.717, 1.165) is 28.2 Å². The monoisotopic (exact) mass is 677 g/mol. The van der Waals surface area contributed by atoms with Crippen LogP contribution in [0.1, 0.15) is 33.5 Å². The molecule has 1 aromatic heterocycles. The van der Waals surface area contributed by atoms with Crippen molar-refractivity contribution in [2.45, 2.75) is 11.3 Å². The SMILES string of the molecule is COC(=O)c1ccc(-c2cccc(-c3c(-c4c(C#N)cccc4C#N)c4ccccc4n3S(=O)(=O)c3ccc(C(F)F)cc3)c2)c(Cl)c1. The summed E-state index contributed by atoms with van der Waals surface area (Å²) in [6, 6.07) is 31.5. The smallest absolute Gasteiger partial charge is 0.337 e. The van der Waals surface area contributed by atoms with Crippen molar-refractivity contribution in [3.8, 4) is 45.6 Å². The Morgan fingerprint density at radius 1 is 0.812 bits per heavy atom. The van der Waals surface area contributed by atoms with Crippen LogP contribution in [0.25, 0.3) is 44.4 Å². The van der Waals surface area contributed by atoms with Crippen molar-refractivity contribution in [2.75, 3.05) is 7.11 Å². The van der Waals surface area contributed by atoms with Crippen molar-refractivity contribution in [3.05, 3.63) is 136 Å². The van der Waals surface area contributed by atoms with Crippen LogP contribution in [-0.4, -0.2) is 25.5 Å². The van der Waals surface area contributed by atoms with Crippen molar-refractivity contribution in [3.63, 3.8) is 0 Å². The van der Waals surface area contributed by atoms with Crippen LogP contribution < -0.4 is 0 Å². The van der Waals surface area contributed by atoms with Gasteiger partial charge in [-0.2, -0.15) is 10.5 Å². The molecule has 48 heavy (non-hydrogen) atoms. The Labute approximate surface area is 279 Å².